The van der Waals surface area contributed by atoms with E-state index in [-0.39, 0.29) is 15.8 Å². The highest BCUT2D eigenvalue weighted by atomic mass is 32.1. The lowest BCUT2D eigenvalue weighted by Gasteiger charge is -1.95. The molecule has 7 heteroatoms. The summed E-state index contributed by atoms with van der Waals surface area (Å²) in [5.74, 6) is -0.367. The van der Waals surface area contributed by atoms with Gasteiger partial charge in [-0.05, 0) is 17.7 Å². The van der Waals surface area contributed by atoms with Gasteiger partial charge in [0, 0.05) is 17.6 Å². The van der Waals surface area contributed by atoms with Crippen molar-refractivity contribution >= 4 is 34.4 Å². The molecule has 2 heterocycles. The van der Waals surface area contributed by atoms with Crippen molar-refractivity contribution < 1.29 is 14.9 Å². The molecule has 0 unspecified atom stereocenters. The van der Waals surface area contributed by atoms with Crippen LogP contribution in [0, 0.1) is 4.91 Å². The van der Waals surface area contributed by atoms with Crippen LogP contribution in [0.4, 0.5) is 5.00 Å². The van der Waals surface area contributed by atoms with Gasteiger partial charge in [0.15, 0.2) is 0 Å². The summed E-state index contributed by atoms with van der Waals surface area (Å²) < 4.78 is 1.20. The number of hydrogen-bond donors (Lipinski definition) is 1. The smallest absolute Gasteiger partial charge is 0.267 e. The molecule has 6 nitrogen and oxygen atoms in total. The first-order valence-electron chi connectivity index (χ1n) is 6.71. The van der Waals surface area contributed by atoms with Gasteiger partial charge in [-0.15, -0.1) is 0 Å². The molecule has 0 fully saturated rings. The lowest BCUT2D eigenvalue weighted by molar-refractivity contribution is -0.727. The molecule has 0 saturated carbocycles. The third-order valence-electron chi connectivity index (χ3n) is 3.08. The third kappa shape index (κ3) is 3.41. The fourth-order valence-corrected chi connectivity index (χ4v) is 2.66. The van der Waals surface area contributed by atoms with E-state index in [4.69, 9.17) is 5.21 Å². The first-order chi connectivity index (χ1) is 11.1. The largest absolute Gasteiger partial charge is 0.372 e. The number of rotatable bonds is 4. The minimum absolute atomic E-state index is 0.0460. The van der Waals surface area contributed by atoms with E-state index in [1.807, 2.05) is 42.5 Å². The summed E-state index contributed by atoms with van der Waals surface area (Å²) >= 11 is 0.982. The van der Waals surface area contributed by atoms with Crippen LogP contribution in [-0.2, 0) is 0 Å². The summed E-state index contributed by atoms with van der Waals surface area (Å²) in [6, 6.07) is 12.8. The molecule has 23 heavy (non-hydrogen) atoms. The Morgan fingerprint density at radius 3 is 2.70 bits per heavy atom. The van der Waals surface area contributed by atoms with Gasteiger partial charge in [0.2, 0.25) is 0 Å². The molecule has 0 aliphatic rings. The monoisotopic (exact) mass is 326 g/mol. The molecular formula is C16H12N3O3S+. The summed E-state index contributed by atoms with van der Waals surface area (Å²) in [5, 5.41) is 14.5. The van der Waals surface area contributed by atoms with Crippen LogP contribution >= 0.6 is 11.3 Å². The average molecular weight is 326 g/mol. The highest BCUT2D eigenvalue weighted by Gasteiger charge is 2.20. The van der Waals surface area contributed by atoms with E-state index in [0.29, 0.717) is 11.3 Å². The minimum Gasteiger partial charge on any atom is -0.267 e. The highest BCUT2D eigenvalue weighted by Crippen LogP contribution is 2.22. The van der Waals surface area contributed by atoms with Gasteiger partial charge in [-0.2, -0.15) is 5.10 Å². The molecule has 2 aromatic heterocycles. The number of carbonyl (C=O) groups excluding carboxylic acids is 1. The molecule has 1 N–H and O–H groups in total. The highest BCUT2D eigenvalue weighted by molar-refractivity contribution is 7.13. The zero-order valence-corrected chi connectivity index (χ0v) is 12.7. The third-order valence-corrected chi connectivity index (χ3v) is 3.97. The van der Waals surface area contributed by atoms with Gasteiger partial charge in [0.05, 0.1) is 16.2 Å². The molecule has 3 aromatic rings. The Morgan fingerprint density at radius 2 is 2.00 bits per heavy atom. The summed E-state index contributed by atoms with van der Waals surface area (Å²) in [4.78, 5) is 22.8. The van der Waals surface area contributed by atoms with Crippen LogP contribution in [0.3, 0.4) is 0 Å². The Kier molecular flexibility index (Phi) is 4.11. The van der Waals surface area contributed by atoms with Gasteiger partial charge in [0.25, 0.3) is 10.8 Å². The summed E-state index contributed by atoms with van der Waals surface area (Å²) in [6.45, 7) is 0. The Hall–Kier alpha value is -3.06. The van der Waals surface area contributed by atoms with Crippen molar-refractivity contribution in [2.24, 2.45) is 0 Å². The van der Waals surface area contributed by atoms with E-state index in [0.717, 1.165) is 16.9 Å². The second-order valence-electron chi connectivity index (χ2n) is 4.68. The lowest BCUT2D eigenvalue weighted by atomic mass is 10.2. The van der Waals surface area contributed by atoms with Gasteiger partial charge in [-0.25, -0.2) is 9.89 Å². The van der Waals surface area contributed by atoms with E-state index < -0.39 is 0 Å². The van der Waals surface area contributed by atoms with Gasteiger partial charge in [-0.1, -0.05) is 47.7 Å². The van der Waals surface area contributed by atoms with Crippen molar-refractivity contribution in [2.75, 3.05) is 0 Å². The van der Waals surface area contributed by atoms with Crippen molar-refractivity contribution in [3.8, 4) is 0 Å². The topological polar surface area (TPSA) is 75.2 Å². The fraction of sp³-hybridized carbons (Fsp3) is 0. The molecule has 0 aliphatic heterocycles. The van der Waals surface area contributed by atoms with Crippen molar-refractivity contribution in [1.82, 2.24) is 9.78 Å². The van der Waals surface area contributed by atoms with Crippen LogP contribution in [0.1, 0.15) is 21.6 Å². The molecule has 1 aromatic carbocycles. The quantitative estimate of drug-likeness (QED) is 0.743. The van der Waals surface area contributed by atoms with Gasteiger partial charge in [-0.3, -0.25) is 4.79 Å². The zero-order chi connectivity index (χ0) is 16.2. The molecule has 0 atom stereocenters. The van der Waals surface area contributed by atoms with E-state index in [1.54, 1.807) is 12.3 Å². The summed E-state index contributed by atoms with van der Waals surface area (Å²) in [5.41, 5.74) is 1.97. The average Bonchev–Trinajstić information content (AvgIpc) is 3.23. The van der Waals surface area contributed by atoms with Crippen LogP contribution in [-0.4, -0.2) is 25.8 Å². The Morgan fingerprint density at radius 1 is 1.22 bits per heavy atom. The molecule has 0 bridgehead atoms. The van der Waals surface area contributed by atoms with Crippen molar-refractivity contribution in [1.29, 1.82) is 0 Å². The standard InChI is InChI=1S/C16H12N3O3S/c20-16(13-10-15(19(21)22)23-11-13)18-9-8-14(17-18)7-6-12-4-2-1-3-5-12/h1-11H,(H,21,22)/q+1/b7-6+. The van der Waals surface area contributed by atoms with E-state index in [9.17, 15) is 9.70 Å². The number of nitrogens with zero attached hydrogens (tertiary/aromatic N) is 3. The molecule has 0 radical (unpaired) electrons. The Bertz CT molecular complexity index is 881. The first kappa shape index (κ1) is 14.9. The maximum atomic E-state index is 12.3. The van der Waals surface area contributed by atoms with Crippen LogP contribution in [0.2, 0.25) is 0 Å². The first-order valence-corrected chi connectivity index (χ1v) is 7.59. The van der Waals surface area contributed by atoms with Gasteiger partial charge >= 0.3 is 5.00 Å². The Labute approximate surface area is 135 Å². The predicted molar refractivity (Wildman–Crippen MR) is 86.7 cm³/mol. The number of benzene rings is 1. The number of hydrogen-bond acceptors (Lipinski definition) is 4. The summed E-state index contributed by atoms with van der Waals surface area (Å²) in [7, 11) is 0. The molecule has 0 amide bonds. The second kappa shape index (κ2) is 6.37. The zero-order valence-electron chi connectivity index (χ0n) is 11.9. The van der Waals surface area contributed by atoms with Crippen molar-refractivity contribution in [3.63, 3.8) is 0 Å². The van der Waals surface area contributed by atoms with Crippen LogP contribution in [0.25, 0.3) is 12.2 Å². The van der Waals surface area contributed by atoms with Crippen LogP contribution < -0.4 is 0 Å². The van der Waals surface area contributed by atoms with E-state index in [1.165, 1.54) is 16.1 Å². The predicted octanol–water partition coefficient (Wildman–Crippen LogP) is 3.60. The van der Waals surface area contributed by atoms with Gasteiger partial charge < -0.3 is 0 Å². The molecule has 3 rings (SSSR count). The molecular weight excluding hydrogens is 314 g/mol. The van der Waals surface area contributed by atoms with Crippen molar-refractivity contribution in [3.05, 3.63) is 75.8 Å². The number of thiophene rings is 1. The Balaban J connectivity index is 1.77. The lowest BCUT2D eigenvalue weighted by Crippen LogP contribution is -2.11. The fourth-order valence-electron chi connectivity index (χ4n) is 1.96. The normalized spacial score (nSPS) is 11.0. The van der Waals surface area contributed by atoms with Crippen molar-refractivity contribution in [2.45, 2.75) is 0 Å². The van der Waals surface area contributed by atoms with E-state index >= 15 is 0 Å². The molecule has 0 saturated heterocycles. The molecule has 0 spiro atoms. The van der Waals surface area contributed by atoms with E-state index in [2.05, 4.69) is 5.10 Å². The van der Waals surface area contributed by atoms with Crippen LogP contribution in [0.5, 0.6) is 0 Å². The second-order valence-corrected chi connectivity index (χ2v) is 5.57. The van der Waals surface area contributed by atoms with Gasteiger partial charge in [0.1, 0.15) is 0 Å². The SMILES string of the molecule is O=C(c1csc([N+](=O)O)c1)n1ccc(/C=C/c2ccccc2)n1. The maximum Gasteiger partial charge on any atom is 0.372 e. The maximum absolute atomic E-state index is 12.3. The molecule has 0 aliphatic carbocycles. The number of carbonyl (C=O) groups is 1. The minimum atomic E-state index is -0.367. The molecule has 114 valence electrons. The number of aromatic nitrogens is 2. The summed E-state index contributed by atoms with van der Waals surface area (Å²) in [6.07, 6.45) is 5.27. The van der Waals surface area contributed by atoms with Crippen LogP contribution in [0.15, 0.2) is 54.0 Å².